The molecule has 78 valence electrons. The molecule has 0 atom stereocenters. The van der Waals surface area contributed by atoms with Crippen LogP contribution in [-0.2, 0) is 0 Å². The van der Waals surface area contributed by atoms with Gasteiger partial charge in [0.2, 0.25) is 0 Å². The van der Waals surface area contributed by atoms with E-state index in [1.807, 2.05) is 0 Å². The smallest absolute Gasteiger partial charge is 0.187 e. The second-order valence-electron chi connectivity index (χ2n) is 2.92. The predicted octanol–water partition coefficient (Wildman–Crippen LogP) is 3.10. The summed E-state index contributed by atoms with van der Waals surface area (Å²) in [6.07, 6.45) is 0. The van der Waals surface area contributed by atoms with E-state index in [2.05, 4.69) is 8.75 Å². The van der Waals surface area contributed by atoms with Gasteiger partial charge in [-0.2, -0.15) is 8.75 Å². The molecule has 2 aromatic rings. The van der Waals surface area contributed by atoms with E-state index in [9.17, 15) is 4.39 Å². The maximum absolute atomic E-state index is 13.0. The summed E-state index contributed by atoms with van der Waals surface area (Å²) in [4.78, 5) is 1.69. The van der Waals surface area contributed by atoms with Gasteiger partial charge in [-0.3, -0.25) is 0 Å². The van der Waals surface area contributed by atoms with Crippen molar-refractivity contribution in [2.75, 3.05) is 11.9 Å². The average Bonchev–Trinajstić information content (AvgIpc) is 2.63. The van der Waals surface area contributed by atoms with Crippen molar-refractivity contribution in [2.24, 2.45) is 0 Å². The molecule has 1 aromatic heterocycles. The highest BCUT2D eigenvalue weighted by molar-refractivity contribution is 6.99. The molecule has 0 aliphatic rings. The van der Waals surface area contributed by atoms with Crippen molar-refractivity contribution in [3.05, 3.63) is 35.2 Å². The highest BCUT2D eigenvalue weighted by Gasteiger charge is 2.12. The summed E-state index contributed by atoms with van der Waals surface area (Å²) in [6.45, 7) is 0. The second kappa shape index (κ2) is 4.12. The number of hydrogen-bond donors (Lipinski definition) is 0. The van der Waals surface area contributed by atoms with E-state index in [1.165, 1.54) is 12.1 Å². The van der Waals surface area contributed by atoms with E-state index < -0.39 is 0 Å². The lowest BCUT2D eigenvalue weighted by molar-refractivity contribution is 0.628. The molecule has 0 spiro atoms. The molecule has 0 saturated heterocycles. The van der Waals surface area contributed by atoms with Crippen LogP contribution in [0, 0.1) is 5.82 Å². The van der Waals surface area contributed by atoms with Crippen molar-refractivity contribution in [1.29, 1.82) is 0 Å². The van der Waals surface area contributed by atoms with Crippen molar-refractivity contribution in [3.8, 4) is 0 Å². The summed E-state index contributed by atoms with van der Waals surface area (Å²) in [7, 11) is 1.76. The van der Waals surface area contributed by atoms with Crippen LogP contribution in [0.3, 0.4) is 0 Å². The van der Waals surface area contributed by atoms with Gasteiger partial charge in [-0.25, -0.2) is 4.39 Å². The molecule has 0 amide bonds. The molecular formula is C9H7ClFN3S. The van der Waals surface area contributed by atoms with Crippen molar-refractivity contribution in [3.63, 3.8) is 0 Å². The topological polar surface area (TPSA) is 29.0 Å². The summed E-state index contributed by atoms with van der Waals surface area (Å²) in [5.41, 5.74) is 0.685. The largest absolute Gasteiger partial charge is 0.326 e. The summed E-state index contributed by atoms with van der Waals surface area (Å²) >= 11 is 6.85. The zero-order chi connectivity index (χ0) is 10.8. The second-order valence-corrected chi connectivity index (χ2v) is 3.80. The lowest BCUT2D eigenvalue weighted by atomic mass is 10.3. The molecule has 0 N–H and O–H groups in total. The average molecular weight is 244 g/mol. The maximum atomic E-state index is 13.0. The molecule has 1 aromatic carbocycles. The van der Waals surface area contributed by atoms with Crippen LogP contribution in [0.25, 0.3) is 0 Å². The van der Waals surface area contributed by atoms with Crippen LogP contribution in [-0.4, -0.2) is 15.8 Å². The van der Waals surface area contributed by atoms with Crippen LogP contribution < -0.4 is 4.90 Å². The number of halogens is 2. The molecule has 0 saturated carbocycles. The molecular weight excluding hydrogens is 237 g/mol. The zero-order valence-electron chi connectivity index (χ0n) is 7.82. The number of hydrogen-bond acceptors (Lipinski definition) is 4. The summed E-state index contributed by atoms with van der Waals surface area (Å²) < 4.78 is 20.8. The molecule has 3 nitrogen and oxygen atoms in total. The fourth-order valence-electron chi connectivity index (χ4n) is 1.18. The molecule has 0 aliphatic carbocycles. The fourth-order valence-corrected chi connectivity index (χ4v) is 1.97. The molecule has 0 radical (unpaired) electrons. The van der Waals surface area contributed by atoms with Crippen molar-refractivity contribution >= 4 is 34.8 Å². The van der Waals surface area contributed by atoms with E-state index >= 15 is 0 Å². The molecule has 0 fully saturated rings. The van der Waals surface area contributed by atoms with Crippen LogP contribution in [0.15, 0.2) is 24.3 Å². The zero-order valence-corrected chi connectivity index (χ0v) is 9.39. The van der Waals surface area contributed by atoms with Crippen LogP contribution >= 0.6 is 23.3 Å². The summed E-state index contributed by atoms with van der Waals surface area (Å²) in [5.74, 6) is 0.242. The lowest BCUT2D eigenvalue weighted by Gasteiger charge is -2.15. The Hall–Kier alpha value is -1.20. The minimum Gasteiger partial charge on any atom is -0.326 e. The van der Waals surface area contributed by atoms with Crippen molar-refractivity contribution in [2.45, 2.75) is 0 Å². The van der Waals surface area contributed by atoms with Crippen LogP contribution in [0.2, 0.25) is 5.15 Å². The van der Waals surface area contributed by atoms with Gasteiger partial charge < -0.3 is 4.90 Å². The molecule has 0 bridgehead atoms. The van der Waals surface area contributed by atoms with E-state index in [4.69, 9.17) is 11.6 Å². The minimum absolute atomic E-state index is 0.293. The SMILES string of the molecule is CN(c1cccc(F)c1)c1nsnc1Cl. The van der Waals surface area contributed by atoms with Gasteiger partial charge in [-0.05, 0) is 18.2 Å². The van der Waals surface area contributed by atoms with Gasteiger partial charge in [0.05, 0.1) is 11.7 Å². The molecule has 15 heavy (non-hydrogen) atoms. The third-order valence-corrected chi connectivity index (χ3v) is 2.82. The maximum Gasteiger partial charge on any atom is 0.187 e. The van der Waals surface area contributed by atoms with Gasteiger partial charge in [0.25, 0.3) is 0 Å². The molecule has 1 heterocycles. The highest BCUT2D eigenvalue weighted by atomic mass is 35.5. The van der Waals surface area contributed by atoms with Gasteiger partial charge in [0.15, 0.2) is 11.0 Å². The number of rotatable bonds is 2. The van der Waals surface area contributed by atoms with E-state index in [0.717, 1.165) is 11.7 Å². The third kappa shape index (κ3) is 2.08. The van der Waals surface area contributed by atoms with E-state index in [-0.39, 0.29) is 5.82 Å². The minimum atomic E-state index is -0.293. The Kier molecular flexibility index (Phi) is 2.83. The van der Waals surface area contributed by atoms with Gasteiger partial charge in [-0.1, -0.05) is 17.7 Å². The van der Waals surface area contributed by atoms with Crippen LogP contribution in [0.4, 0.5) is 15.9 Å². The summed E-state index contributed by atoms with van der Waals surface area (Å²) in [6, 6.07) is 6.21. The predicted molar refractivity (Wildman–Crippen MR) is 59.4 cm³/mol. The molecule has 0 aliphatic heterocycles. The number of aromatic nitrogens is 2. The van der Waals surface area contributed by atoms with Crippen molar-refractivity contribution in [1.82, 2.24) is 8.75 Å². The third-order valence-electron chi connectivity index (χ3n) is 1.95. The van der Waals surface area contributed by atoms with Crippen LogP contribution in [0.5, 0.6) is 0 Å². The first-order valence-corrected chi connectivity index (χ1v) is 5.26. The van der Waals surface area contributed by atoms with Crippen molar-refractivity contribution < 1.29 is 4.39 Å². The monoisotopic (exact) mass is 243 g/mol. The van der Waals surface area contributed by atoms with Crippen LogP contribution in [0.1, 0.15) is 0 Å². The highest BCUT2D eigenvalue weighted by Crippen LogP contribution is 2.28. The first-order valence-electron chi connectivity index (χ1n) is 4.16. The Morgan fingerprint density at radius 2 is 2.20 bits per heavy atom. The van der Waals surface area contributed by atoms with Gasteiger partial charge in [0, 0.05) is 12.7 Å². The Labute approximate surface area is 95.4 Å². The van der Waals surface area contributed by atoms with Gasteiger partial charge >= 0.3 is 0 Å². The molecule has 6 heteroatoms. The van der Waals surface area contributed by atoms with E-state index in [0.29, 0.717) is 16.7 Å². The Morgan fingerprint density at radius 1 is 1.40 bits per heavy atom. The number of anilines is 2. The Bertz CT molecular complexity index is 474. The standard InChI is InChI=1S/C9H7ClFN3S/c1-14(9-8(10)12-15-13-9)7-4-2-3-6(11)5-7/h2-5H,1H3. The Balaban J connectivity index is 2.36. The van der Waals surface area contributed by atoms with Gasteiger partial charge in [0.1, 0.15) is 5.82 Å². The first kappa shape index (κ1) is 10.3. The first-order chi connectivity index (χ1) is 7.18. The number of benzene rings is 1. The van der Waals surface area contributed by atoms with Gasteiger partial charge in [-0.15, -0.1) is 0 Å². The summed E-state index contributed by atoms with van der Waals surface area (Å²) in [5, 5.41) is 0.326. The van der Waals surface area contributed by atoms with E-state index in [1.54, 1.807) is 24.1 Å². The number of nitrogens with zero attached hydrogens (tertiary/aromatic N) is 3. The lowest BCUT2D eigenvalue weighted by Crippen LogP contribution is -2.10. The quantitative estimate of drug-likeness (QED) is 0.812. The Morgan fingerprint density at radius 3 is 2.80 bits per heavy atom. The fraction of sp³-hybridized carbons (Fsp3) is 0.111. The molecule has 2 rings (SSSR count). The normalized spacial score (nSPS) is 10.3. The molecule has 0 unspecified atom stereocenters.